The number of pyridine rings is 1. The van der Waals surface area contributed by atoms with Crippen LogP contribution in [-0.2, 0) is 11.3 Å². The molecule has 144 valence electrons. The van der Waals surface area contributed by atoms with Crippen LogP contribution in [0.1, 0.15) is 36.3 Å². The van der Waals surface area contributed by atoms with E-state index in [2.05, 4.69) is 10.1 Å². The summed E-state index contributed by atoms with van der Waals surface area (Å²) in [6.45, 7) is 6.39. The molecule has 2 aromatic heterocycles. The Kier molecular flexibility index (Phi) is 4.58. The van der Waals surface area contributed by atoms with E-state index in [9.17, 15) is 9.18 Å². The van der Waals surface area contributed by atoms with Crippen molar-refractivity contribution in [2.24, 2.45) is 5.41 Å². The van der Waals surface area contributed by atoms with Crippen molar-refractivity contribution in [1.29, 1.82) is 0 Å². The molecule has 2 fully saturated rings. The van der Waals surface area contributed by atoms with Gasteiger partial charge >= 0.3 is 0 Å². The first-order valence-corrected chi connectivity index (χ1v) is 9.50. The number of nitrogens with zero attached hydrogens (tertiary/aromatic N) is 4. The summed E-state index contributed by atoms with van der Waals surface area (Å²) < 4.78 is 19.4. The van der Waals surface area contributed by atoms with Crippen molar-refractivity contribution in [3.63, 3.8) is 0 Å². The summed E-state index contributed by atoms with van der Waals surface area (Å²) in [5.74, 6) is 0.867. The lowest BCUT2D eigenvalue weighted by Crippen LogP contribution is -2.42. The Morgan fingerprint density at radius 3 is 2.70 bits per heavy atom. The molecule has 0 bridgehead atoms. The van der Waals surface area contributed by atoms with Crippen LogP contribution >= 0.6 is 11.6 Å². The van der Waals surface area contributed by atoms with E-state index in [0.29, 0.717) is 36.9 Å². The zero-order chi connectivity index (χ0) is 19.2. The highest BCUT2D eigenvalue weighted by Crippen LogP contribution is 2.42. The Hall–Kier alpha value is -2.15. The van der Waals surface area contributed by atoms with Gasteiger partial charge in [-0.25, -0.2) is 9.37 Å². The van der Waals surface area contributed by atoms with Gasteiger partial charge in [-0.15, -0.1) is 0 Å². The molecule has 2 aliphatic heterocycles. The Bertz CT molecular complexity index is 857. The van der Waals surface area contributed by atoms with Gasteiger partial charge < -0.3 is 14.3 Å². The molecular weight excluding hydrogens is 371 g/mol. The van der Waals surface area contributed by atoms with E-state index in [1.807, 2.05) is 23.6 Å². The summed E-state index contributed by atoms with van der Waals surface area (Å²) in [7, 11) is 0. The lowest BCUT2D eigenvalue weighted by atomic mass is 9.77. The van der Waals surface area contributed by atoms with E-state index in [-0.39, 0.29) is 11.3 Å². The fraction of sp³-hybridized carbons (Fsp3) is 0.526. The van der Waals surface area contributed by atoms with E-state index < -0.39 is 5.82 Å². The molecule has 2 aromatic rings. The summed E-state index contributed by atoms with van der Waals surface area (Å²) in [5.41, 5.74) is 1.78. The minimum absolute atomic E-state index is 0.0462. The summed E-state index contributed by atoms with van der Waals surface area (Å²) >= 11 is 5.79. The van der Waals surface area contributed by atoms with Gasteiger partial charge in [-0.1, -0.05) is 16.8 Å². The smallest absolute Gasteiger partial charge is 0.223 e. The number of aromatic nitrogens is 2. The fourth-order valence-corrected chi connectivity index (χ4v) is 4.36. The quantitative estimate of drug-likeness (QED) is 0.800. The average molecular weight is 393 g/mol. The summed E-state index contributed by atoms with van der Waals surface area (Å²) in [6.07, 6.45) is 3.68. The number of carbonyl (C=O) groups is 1. The number of carbonyl (C=O) groups excluding carboxylic acids is 1. The first kappa shape index (κ1) is 18.2. The molecule has 4 heterocycles. The monoisotopic (exact) mass is 392 g/mol. The van der Waals surface area contributed by atoms with Crippen LogP contribution < -0.4 is 4.90 Å². The third-order valence-corrected chi connectivity index (χ3v) is 6.05. The summed E-state index contributed by atoms with van der Waals surface area (Å²) in [5, 5.41) is 4.27. The van der Waals surface area contributed by atoms with Crippen molar-refractivity contribution in [2.45, 2.75) is 39.7 Å². The van der Waals surface area contributed by atoms with Crippen molar-refractivity contribution >= 4 is 23.3 Å². The Balaban J connectivity index is 1.43. The molecule has 8 heteroatoms. The van der Waals surface area contributed by atoms with Crippen molar-refractivity contribution in [3.8, 4) is 0 Å². The standard InChI is InChI=1S/C19H22ClFN4O2/c1-12-15(13(2)27-23-12)10-25-11-19(8-17(25)26)3-5-24(6-4-19)18-16(21)7-14(20)9-22-18/h7,9H,3-6,8,10-11H2,1-2H3. The molecule has 2 aliphatic rings. The second kappa shape index (κ2) is 6.78. The Morgan fingerprint density at radius 1 is 1.33 bits per heavy atom. The van der Waals surface area contributed by atoms with E-state index in [1.54, 1.807) is 0 Å². The Labute approximate surface area is 162 Å². The summed E-state index contributed by atoms with van der Waals surface area (Å²) in [4.78, 5) is 20.6. The van der Waals surface area contributed by atoms with Crippen LogP contribution in [0.3, 0.4) is 0 Å². The van der Waals surface area contributed by atoms with Gasteiger partial charge in [0.05, 0.1) is 17.3 Å². The average Bonchev–Trinajstić information content (AvgIpc) is 3.10. The minimum Gasteiger partial charge on any atom is -0.361 e. The lowest BCUT2D eigenvalue weighted by molar-refractivity contribution is -0.128. The number of likely N-dealkylation sites (tertiary alicyclic amines) is 1. The molecule has 27 heavy (non-hydrogen) atoms. The normalized spacial score (nSPS) is 19.3. The van der Waals surface area contributed by atoms with Crippen LogP contribution in [0.2, 0.25) is 5.02 Å². The maximum Gasteiger partial charge on any atom is 0.223 e. The van der Waals surface area contributed by atoms with Crippen molar-refractivity contribution < 1.29 is 13.7 Å². The van der Waals surface area contributed by atoms with E-state index in [0.717, 1.165) is 36.4 Å². The topological polar surface area (TPSA) is 62.5 Å². The predicted molar refractivity (Wildman–Crippen MR) is 99.1 cm³/mol. The van der Waals surface area contributed by atoms with Crippen LogP contribution in [0.5, 0.6) is 0 Å². The van der Waals surface area contributed by atoms with Gasteiger partial charge in [0, 0.05) is 43.2 Å². The number of halogens is 2. The molecule has 0 atom stereocenters. The Morgan fingerprint density at radius 2 is 2.07 bits per heavy atom. The molecule has 2 saturated heterocycles. The number of hydrogen-bond donors (Lipinski definition) is 0. The van der Waals surface area contributed by atoms with Gasteiger partial charge in [-0.3, -0.25) is 4.79 Å². The van der Waals surface area contributed by atoms with Crippen molar-refractivity contribution in [2.75, 3.05) is 24.5 Å². The van der Waals surface area contributed by atoms with Crippen LogP contribution in [0.4, 0.5) is 10.2 Å². The second-order valence-corrected chi connectivity index (χ2v) is 8.11. The van der Waals surface area contributed by atoms with Gasteiger partial charge in [0.2, 0.25) is 5.91 Å². The molecule has 0 radical (unpaired) electrons. The number of rotatable bonds is 3. The highest BCUT2D eigenvalue weighted by Gasteiger charge is 2.45. The number of piperidine rings is 1. The number of amides is 1. The van der Waals surface area contributed by atoms with Crippen LogP contribution in [-0.4, -0.2) is 40.6 Å². The minimum atomic E-state index is -0.402. The molecule has 1 amide bonds. The van der Waals surface area contributed by atoms with Gasteiger partial charge in [0.15, 0.2) is 11.6 Å². The van der Waals surface area contributed by atoms with Crippen molar-refractivity contribution in [3.05, 3.63) is 40.1 Å². The van der Waals surface area contributed by atoms with Crippen LogP contribution in [0, 0.1) is 25.1 Å². The summed E-state index contributed by atoms with van der Waals surface area (Å²) in [6, 6.07) is 1.29. The van der Waals surface area contributed by atoms with E-state index in [1.165, 1.54) is 12.3 Å². The highest BCUT2D eigenvalue weighted by atomic mass is 35.5. The third-order valence-electron chi connectivity index (χ3n) is 5.85. The molecule has 1 spiro atoms. The second-order valence-electron chi connectivity index (χ2n) is 7.68. The largest absolute Gasteiger partial charge is 0.361 e. The highest BCUT2D eigenvalue weighted by molar-refractivity contribution is 6.30. The van der Waals surface area contributed by atoms with Gasteiger partial charge in [-0.2, -0.15) is 0 Å². The van der Waals surface area contributed by atoms with Crippen LogP contribution in [0.25, 0.3) is 0 Å². The molecule has 0 unspecified atom stereocenters. The SMILES string of the molecule is Cc1noc(C)c1CN1CC2(CCN(c3ncc(Cl)cc3F)CC2)CC1=O. The predicted octanol–water partition coefficient (Wildman–Crippen LogP) is 3.50. The van der Waals surface area contributed by atoms with Crippen LogP contribution in [0.15, 0.2) is 16.8 Å². The molecule has 0 N–H and O–H groups in total. The van der Waals surface area contributed by atoms with Gasteiger partial charge in [-0.05, 0) is 32.8 Å². The molecule has 6 nitrogen and oxygen atoms in total. The first-order chi connectivity index (χ1) is 12.9. The lowest BCUT2D eigenvalue weighted by Gasteiger charge is -2.39. The molecule has 4 rings (SSSR count). The van der Waals surface area contributed by atoms with Crippen molar-refractivity contribution in [1.82, 2.24) is 15.0 Å². The third kappa shape index (κ3) is 3.40. The maximum absolute atomic E-state index is 14.1. The molecular formula is C19H22ClFN4O2. The zero-order valence-corrected chi connectivity index (χ0v) is 16.2. The number of anilines is 1. The molecule has 0 saturated carbocycles. The number of hydrogen-bond acceptors (Lipinski definition) is 5. The first-order valence-electron chi connectivity index (χ1n) is 9.12. The van der Waals surface area contributed by atoms with Gasteiger partial charge in [0.1, 0.15) is 5.76 Å². The fourth-order valence-electron chi connectivity index (χ4n) is 4.21. The zero-order valence-electron chi connectivity index (χ0n) is 15.5. The van der Waals surface area contributed by atoms with E-state index >= 15 is 0 Å². The maximum atomic E-state index is 14.1. The molecule has 0 aliphatic carbocycles. The number of aryl methyl sites for hydroxylation is 2. The van der Waals surface area contributed by atoms with Gasteiger partial charge in [0.25, 0.3) is 0 Å². The molecule has 0 aromatic carbocycles. The van der Waals surface area contributed by atoms with E-state index in [4.69, 9.17) is 16.1 Å².